The van der Waals surface area contributed by atoms with Crippen molar-refractivity contribution in [1.82, 2.24) is 10.3 Å². The molecule has 1 aromatic carbocycles. The van der Waals surface area contributed by atoms with Gasteiger partial charge in [-0.15, -0.1) is 0 Å². The Kier molecular flexibility index (Phi) is 6.46. The number of pyridine rings is 1. The molecule has 2 aromatic rings. The third-order valence-electron chi connectivity index (χ3n) is 6.50. The number of ether oxygens (including phenoxy) is 1. The molecule has 164 valence electrons. The zero-order chi connectivity index (χ0) is 22.0. The Labute approximate surface area is 187 Å². The Morgan fingerprint density at radius 3 is 2.97 bits per heavy atom. The fourth-order valence-corrected chi connectivity index (χ4v) is 4.63. The number of carbonyl (C=O) groups excluding carboxylic acids is 2. The molecule has 0 unspecified atom stereocenters. The van der Waals surface area contributed by atoms with Gasteiger partial charge in [0.25, 0.3) is 5.91 Å². The summed E-state index contributed by atoms with van der Waals surface area (Å²) in [6.07, 6.45) is 5.91. The molecule has 31 heavy (non-hydrogen) atoms. The van der Waals surface area contributed by atoms with Crippen LogP contribution in [0.15, 0.2) is 36.5 Å². The molecule has 6 nitrogen and oxygen atoms in total. The number of fused-ring (bicyclic) bond motifs is 2. The second kappa shape index (κ2) is 9.27. The molecule has 2 heterocycles. The molecule has 1 aromatic heterocycles. The first kappa shape index (κ1) is 21.6. The first-order valence-electron chi connectivity index (χ1n) is 11.0. The molecule has 2 amide bonds. The van der Waals surface area contributed by atoms with Crippen molar-refractivity contribution in [3.05, 3.63) is 47.1 Å². The summed E-state index contributed by atoms with van der Waals surface area (Å²) in [5.74, 6) is 1.74. The Morgan fingerprint density at radius 1 is 1.29 bits per heavy atom. The van der Waals surface area contributed by atoms with Gasteiger partial charge in [-0.2, -0.15) is 0 Å². The number of nitrogens with zero attached hydrogens (tertiary/aromatic N) is 2. The van der Waals surface area contributed by atoms with E-state index >= 15 is 0 Å². The van der Waals surface area contributed by atoms with Crippen molar-refractivity contribution in [2.75, 3.05) is 11.4 Å². The van der Waals surface area contributed by atoms with E-state index in [1.807, 2.05) is 0 Å². The van der Waals surface area contributed by atoms with Gasteiger partial charge in [0.05, 0.1) is 5.69 Å². The predicted molar refractivity (Wildman–Crippen MR) is 121 cm³/mol. The van der Waals surface area contributed by atoms with Crippen LogP contribution in [0.3, 0.4) is 0 Å². The van der Waals surface area contributed by atoms with E-state index in [1.165, 1.54) is 6.42 Å². The molecule has 0 spiro atoms. The summed E-state index contributed by atoms with van der Waals surface area (Å²) in [5, 5.41) is 3.72. The summed E-state index contributed by atoms with van der Waals surface area (Å²) in [7, 11) is 0. The van der Waals surface area contributed by atoms with Crippen LogP contribution in [-0.4, -0.2) is 29.4 Å². The van der Waals surface area contributed by atoms with Crippen molar-refractivity contribution in [2.45, 2.75) is 52.0 Å². The van der Waals surface area contributed by atoms with E-state index < -0.39 is 0 Å². The number of amides is 2. The molecule has 0 bridgehead atoms. The Morgan fingerprint density at radius 2 is 2.13 bits per heavy atom. The van der Waals surface area contributed by atoms with Crippen LogP contribution in [0.4, 0.5) is 5.69 Å². The van der Waals surface area contributed by atoms with E-state index in [4.69, 9.17) is 16.3 Å². The maximum absolute atomic E-state index is 13.2. The summed E-state index contributed by atoms with van der Waals surface area (Å²) in [5.41, 5.74) is 0.981. The van der Waals surface area contributed by atoms with Crippen molar-refractivity contribution >= 4 is 29.1 Å². The minimum absolute atomic E-state index is 0.0397. The van der Waals surface area contributed by atoms with Crippen LogP contribution in [0, 0.1) is 11.8 Å². The number of aromatic nitrogens is 1. The smallest absolute Gasteiger partial charge is 0.263 e. The molecular formula is C24H28ClN3O3. The number of benzene rings is 1. The predicted octanol–water partition coefficient (Wildman–Crippen LogP) is 5.21. The van der Waals surface area contributed by atoms with Gasteiger partial charge in [-0.05, 0) is 55.0 Å². The summed E-state index contributed by atoms with van der Waals surface area (Å²) < 4.78 is 5.90. The molecular weight excluding hydrogens is 414 g/mol. The van der Waals surface area contributed by atoms with Crippen LogP contribution in [-0.2, 0) is 4.79 Å². The van der Waals surface area contributed by atoms with Gasteiger partial charge in [-0.25, -0.2) is 4.98 Å². The lowest BCUT2D eigenvalue weighted by Gasteiger charge is -2.34. The average molecular weight is 442 g/mol. The number of halogens is 1. The molecule has 1 aliphatic carbocycles. The van der Waals surface area contributed by atoms with Crippen LogP contribution in [0.2, 0.25) is 5.02 Å². The van der Waals surface area contributed by atoms with Gasteiger partial charge < -0.3 is 15.0 Å². The van der Waals surface area contributed by atoms with Crippen molar-refractivity contribution in [3.63, 3.8) is 0 Å². The van der Waals surface area contributed by atoms with Gasteiger partial charge in [0.2, 0.25) is 11.8 Å². The summed E-state index contributed by atoms with van der Waals surface area (Å²) >= 11 is 6.20. The Bertz CT molecular complexity index is 980. The first-order chi connectivity index (χ1) is 14.9. The second-order valence-corrected chi connectivity index (χ2v) is 9.01. The third kappa shape index (κ3) is 4.69. The lowest BCUT2D eigenvalue weighted by atomic mass is 9.78. The van der Waals surface area contributed by atoms with Crippen molar-refractivity contribution in [3.8, 4) is 11.6 Å². The second-order valence-electron chi connectivity index (χ2n) is 8.57. The molecule has 3 atom stereocenters. The minimum Gasteiger partial charge on any atom is -0.436 e. The van der Waals surface area contributed by atoms with Gasteiger partial charge in [-0.1, -0.05) is 38.3 Å². The van der Waals surface area contributed by atoms with Gasteiger partial charge in [0.15, 0.2) is 5.75 Å². The summed E-state index contributed by atoms with van der Waals surface area (Å²) in [4.78, 5) is 31.7. The molecule has 1 N–H and O–H groups in total. The zero-order valence-electron chi connectivity index (χ0n) is 17.9. The number of nitrogens with one attached hydrogen (secondary N) is 1. The molecule has 1 fully saturated rings. The number of hydrogen-bond donors (Lipinski definition) is 1. The SMILES string of the molecule is C[C@@H]1[C@H](C)CCC[C@H]1NC(=O)CCCN1C(=O)c2cccnc2Oc2ccc(Cl)cc21. The highest BCUT2D eigenvalue weighted by atomic mass is 35.5. The van der Waals surface area contributed by atoms with Crippen LogP contribution in [0.1, 0.15) is 56.3 Å². The highest BCUT2D eigenvalue weighted by Crippen LogP contribution is 2.39. The van der Waals surface area contributed by atoms with E-state index in [2.05, 4.69) is 24.1 Å². The van der Waals surface area contributed by atoms with Crippen LogP contribution in [0.25, 0.3) is 0 Å². The highest BCUT2D eigenvalue weighted by Gasteiger charge is 2.30. The van der Waals surface area contributed by atoms with Crippen LogP contribution < -0.4 is 15.0 Å². The van der Waals surface area contributed by atoms with Gasteiger partial charge in [0.1, 0.15) is 5.56 Å². The number of anilines is 1. The van der Waals surface area contributed by atoms with Crippen molar-refractivity contribution in [2.24, 2.45) is 11.8 Å². The molecule has 0 saturated heterocycles. The molecule has 1 aliphatic heterocycles. The summed E-state index contributed by atoms with van der Waals surface area (Å²) in [6.45, 7) is 4.86. The third-order valence-corrected chi connectivity index (χ3v) is 6.74. The maximum atomic E-state index is 13.2. The van der Waals surface area contributed by atoms with Crippen molar-refractivity contribution in [1.29, 1.82) is 0 Å². The number of carbonyl (C=O) groups is 2. The Hall–Kier alpha value is -2.60. The fraction of sp³-hybridized carbons (Fsp3) is 0.458. The normalized spacial score (nSPS) is 22.7. The molecule has 1 saturated carbocycles. The van der Waals surface area contributed by atoms with Gasteiger partial charge in [-0.3, -0.25) is 9.59 Å². The van der Waals surface area contributed by atoms with Gasteiger partial charge in [0, 0.05) is 30.2 Å². The van der Waals surface area contributed by atoms with E-state index in [0.29, 0.717) is 53.2 Å². The molecule has 0 radical (unpaired) electrons. The van der Waals surface area contributed by atoms with Crippen LogP contribution in [0.5, 0.6) is 11.6 Å². The Balaban J connectivity index is 1.45. The number of rotatable bonds is 5. The standard InChI is InChI=1S/C24H28ClN3O3/c1-15-6-3-8-19(16(15)2)27-22(29)9-5-13-28-20-14-17(25)10-11-21(20)31-23-18(24(28)30)7-4-12-26-23/h4,7,10-12,14-16,19H,3,5-6,8-9,13H2,1-2H3,(H,27,29)/t15-,16-,19-/m1/s1. The zero-order valence-corrected chi connectivity index (χ0v) is 18.7. The fourth-order valence-electron chi connectivity index (χ4n) is 4.47. The van der Waals surface area contributed by atoms with Gasteiger partial charge >= 0.3 is 0 Å². The average Bonchev–Trinajstić information content (AvgIpc) is 2.86. The monoisotopic (exact) mass is 441 g/mol. The van der Waals surface area contributed by atoms with Crippen molar-refractivity contribution < 1.29 is 14.3 Å². The first-order valence-corrected chi connectivity index (χ1v) is 11.4. The lowest BCUT2D eigenvalue weighted by Crippen LogP contribution is -2.43. The molecule has 7 heteroatoms. The quantitative estimate of drug-likeness (QED) is 0.691. The maximum Gasteiger partial charge on any atom is 0.263 e. The molecule has 4 rings (SSSR count). The topological polar surface area (TPSA) is 71.5 Å². The number of hydrogen-bond acceptors (Lipinski definition) is 4. The van der Waals surface area contributed by atoms with Crippen LogP contribution >= 0.6 is 11.6 Å². The van der Waals surface area contributed by atoms with E-state index in [0.717, 1.165) is 12.8 Å². The lowest BCUT2D eigenvalue weighted by molar-refractivity contribution is -0.122. The molecule has 2 aliphatic rings. The van der Waals surface area contributed by atoms with E-state index in [9.17, 15) is 9.59 Å². The van der Waals surface area contributed by atoms with E-state index in [-0.39, 0.29) is 23.7 Å². The largest absolute Gasteiger partial charge is 0.436 e. The summed E-state index contributed by atoms with van der Waals surface area (Å²) in [6, 6.07) is 8.81. The minimum atomic E-state index is -0.209. The highest BCUT2D eigenvalue weighted by molar-refractivity contribution is 6.31. The van der Waals surface area contributed by atoms with E-state index in [1.54, 1.807) is 41.4 Å².